The van der Waals surface area contributed by atoms with Crippen LogP contribution in [0.5, 0.6) is 0 Å². The number of rotatable bonds is 3. The van der Waals surface area contributed by atoms with E-state index in [1.165, 1.54) is 12.1 Å². The van der Waals surface area contributed by atoms with E-state index in [4.69, 9.17) is 23.2 Å². The van der Waals surface area contributed by atoms with Crippen LogP contribution in [0.15, 0.2) is 40.9 Å². The van der Waals surface area contributed by atoms with Crippen LogP contribution in [-0.4, -0.2) is 5.78 Å². The lowest BCUT2D eigenvalue weighted by molar-refractivity contribution is 0.0992. The molecule has 0 unspecified atom stereocenters. The number of carbonyl (C=O) groups excluding carboxylic acids is 1. The molecule has 0 saturated carbocycles. The van der Waals surface area contributed by atoms with Crippen LogP contribution in [0.1, 0.15) is 15.9 Å². The highest BCUT2D eigenvalue weighted by Gasteiger charge is 2.14. The van der Waals surface area contributed by atoms with Gasteiger partial charge in [0.1, 0.15) is 5.82 Å². The number of hydrogen-bond donors (Lipinski definition) is 0. The average molecular weight is 362 g/mol. The minimum Gasteiger partial charge on any atom is -0.294 e. The minimum absolute atomic E-state index is 0.0642. The first-order valence-electron chi connectivity index (χ1n) is 5.39. The number of Topliss-reactive ketones (excluding diaryl/α,β-unsaturated/α-hetero) is 1. The van der Waals surface area contributed by atoms with Crippen molar-refractivity contribution in [2.75, 3.05) is 0 Å². The molecule has 2 rings (SSSR count). The molecule has 2 aromatic carbocycles. The van der Waals surface area contributed by atoms with Gasteiger partial charge in [0.05, 0.1) is 5.02 Å². The van der Waals surface area contributed by atoms with Gasteiger partial charge in [-0.1, -0.05) is 39.1 Å². The van der Waals surface area contributed by atoms with Crippen molar-refractivity contribution in [3.63, 3.8) is 0 Å². The molecule has 1 nitrogen and oxygen atoms in total. The fraction of sp³-hybridized carbons (Fsp3) is 0.0714. The summed E-state index contributed by atoms with van der Waals surface area (Å²) in [5, 5.41) is 0.729. The number of benzene rings is 2. The second-order valence-corrected chi connectivity index (χ2v) is 5.72. The zero-order chi connectivity index (χ0) is 14.0. The normalized spacial score (nSPS) is 10.5. The van der Waals surface area contributed by atoms with Gasteiger partial charge < -0.3 is 0 Å². The van der Waals surface area contributed by atoms with Crippen molar-refractivity contribution < 1.29 is 9.18 Å². The van der Waals surface area contributed by atoms with E-state index in [1.807, 2.05) is 0 Å². The van der Waals surface area contributed by atoms with E-state index < -0.39 is 5.82 Å². The quantitative estimate of drug-likeness (QED) is 0.676. The second-order valence-electron chi connectivity index (χ2n) is 3.96. The fourth-order valence-corrected chi connectivity index (χ4v) is 2.46. The summed E-state index contributed by atoms with van der Waals surface area (Å²) < 4.78 is 14.3. The Morgan fingerprint density at radius 2 is 1.89 bits per heavy atom. The number of halogens is 4. The van der Waals surface area contributed by atoms with Gasteiger partial charge in [-0.25, -0.2) is 4.39 Å². The molecule has 0 N–H and O–H groups in total. The average Bonchev–Trinajstić information content (AvgIpc) is 2.36. The van der Waals surface area contributed by atoms with Gasteiger partial charge in [0, 0.05) is 21.5 Å². The Balaban J connectivity index is 2.30. The molecule has 0 atom stereocenters. The van der Waals surface area contributed by atoms with E-state index >= 15 is 0 Å². The molecule has 0 aliphatic rings. The van der Waals surface area contributed by atoms with Crippen molar-refractivity contribution >= 4 is 44.9 Å². The lowest BCUT2D eigenvalue weighted by Gasteiger charge is -2.06. The maximum atomic E-state index is 13.6. The number of hydrogen-bond acceptors (Lipinski definition) is 1. The van der Waals surface area contributed by atoms with Gasteiger partial charge in [-0.05, 0) is 42.0 Å². The van der Waals surface area contributed by atoms with Crippen LogP contribution >= 0.6 is 39.1 Å². The van der Waals surface area contributed by atoms with Gasteiger partial charge in [-0.15, -0.1) is 0 Å². The maximum absolute atomic E-state index is 13.6. The maximum Gasteiger partial charge on any atom is 0.168 e. The molecular formula is C14H8BrCl2FO. The number of carbonyl (C=O) groups is 1. The molecule has 2 aromatic rings. The minimum atomic E-state index is -0.422. The van der Waals surface area contributed by atoms with Crippen molar-refractivity contribution in [2.45, 2.75) is 6.42 Å². The SMILES string of the molecule is O=C(Cc1cc(Br)ccc1F)c1cc(Cl)ccc1Cl. The molecule has 0 fully saturated rings. The fourth-order valence-electron chi connectivity index (χ4n) is 1.66. The smallest absolute Gasteiger partial charge is 0.168 e. The standard InChI is InChI=1S/C14H8BrCl2FO/c15-9-1-4-13(18)8(5-9)6-14(19)11-7-10(16)2-3-12(11)17/h1-5,7H,6H2. The van der Waals surface area contributed by atoms with Gasteiger partial charge in [0.25, 0.3) is 0 Å². The van der Waals surface area contributed by atoms with Crippen molar-refractivity contribution in [1.82, 2.24) is 0 Å². The number of ketones is 1. The van der Waals surface area contributed by atoms with Gasteiger partial charge in [-0.2, -0.15) is 0 Å². The molecule has 98 valence electrons. The first-order valence-corrected chi connectivity index (χ1v) is 6.94. The van der Waals surface area contributed by atoms with Gasteiger partial charge in [0.2, 0.25) is 0 Å². The third-order valence-corrected chi connectivity index (χ3v) is 3.65. The summed E-state index contributed by atoms with van der Waals surface area (Å²) in [5.74, 6) is -0.695. The van der Waals surface area contributed by atoms with E-state index in [2.05, 4.69) is 15.9 Å². The Labute approximate surface area is 128 Å². The molecular weight excluding hydrogens is 354 g/mol. The summed E-state index contributed by atoms with van der Waals surface area (Å²) in [6.07, 6.45) is -0.0642. The zero-order valence-electron chi connectivity index (χ0n) is 9.59. The Bertz CT molecular complexity index is 643. The summed E-state index contributed by atoms with van der Waals surface area (Å²) in [7, 11) is 0. The molecule has 0 amide bonds. The predicted octanol–water partition coefficient (Wildman–Crippen LogP) is 5.32. The third-order valence-electron chi connectivity index (χ3n) is 2.59. The molecule has 0 aromatic heterocycles. The molecule has 0 aliphatic heterocycles. The Morgan fingerprint density at radius 1 is 1.16 bits per heavy atom. The van der Waals surface area contributed by atoms with E-state index in [-0.39, 0.29) is 12.2 Å². The van der Waals surface area contributed by atoms with Crippen LogP contribution in [0.4, 0.5) is 4.39 Å². The Kier molecular flexibility index (Phi) is 4.61. The van der Waals surface area contributed by atoms with Crippen LogP contribution in [0.25, 0.3) is 0 Å². The Hall–Kier alpha value is -0.900. The topological polar surface area (TPSA) is 17.1 Å². The molecule has 0 spiro atoms. The highest BCUT2D eigenvalue weighted by atomic mass is 79.9. The molecule has 0 saturated heterocycles. The van der Waals surface area contributed by atoms with Gasteiger partial charge in [0.15, 0.2) is 5.78 Å². The van der Waals surface area contributed by atoms with Gasteiger partial charge in [-0.3, -0.25) is 4.79 Å². The van der Waals surface area contributed by atoms with Crippen LogP contribution < -0.4 is 0 Å². The van der Waals surface area contributed by atoms with E-state index in [1.54, 1.807) is 24.3 Å². The van der Waals surface area contributed by atoms with E-state index in [9.17, 15) is 9.18 Å². The van der Waals surface area contributed by atoms with E-state index in [0.29, 0.717) is 25.6 Å². The predicted molar refractivity (Wildman–Crippen MR) is 78.6 cm³/mol. The lowest BCUT2D eigenvalue weighted by atomic mass is 10.0. The summed E-state index contributed by atoms with van der Waals surface area (Å²) in [6.45, 7) is 0. The molecule has 0 bridgehead atoms. The van der Waals surface area contributed by atoms with Gasteiger partial charge >= 0.3 is 0 Å². The van der Waals surface area contributed by atoms with Crippen LogP contribution in [-0.2, 0) is 6.42 Å². The molecule has 0 heterocycles. The first kappa shape index (κ1) is 14.5. The molecule has 0 radical (unpaired) electrons. The highest BCUT2D eigenvalue weighted by Crippen LogP contribution is 2.23. The van der Waals surface area contributed by atoms with Crippen LogP contribution in [0.3, 0.4) is 0 Å². The summed E-state index contributed by atoms with van der Waals surface area (Å²) in [4.78, 5) is 12.1. The third kappa shape index (κ3) is 3.56. The largest absolute Gasteiger partial charge is 0.294 e. The highest BCUT2D eigenvalue weighted by molar-refractivity contribution is 9.10. The van der Waals surface area contributed by atoms with Crippen molar-refractivity contribution in [3.05, 3.63) is 67.9 Å². The van der Waals surface area contributed by atoms with Crippen molar-refractivity contribution in [3.8, 4) is 0 Å². The molecule has 5 heteroatoms. The summed E-state index contributed by atoms with van der Waals surface area (Å²) >= 11 is 15.0. The zero-order valence-corrected chi connectivity index (χ0v) is 12.7. The summed E-state index contributed by atoms with van der Waals surface area (Å²) in [6, 6.07) is 9.10. The molecule has 19 heavy (non-hydrogen) atoms. The van der Waals surface area contributed by atoms with Crippen LogP contribution in [0, 0.1) is 5.82 Å². The van der Waals surface area contributed by atoms with Crippen molar-refractivity contribution in [1.29, 1.82) is 0 Å². The first-order chi connectivity index (χ1) is 8.97. The Morgan fingerprint density at radius 3 is 2.63 bits per heavy atom. The van der Waals surface area contributed by atoms with Crippen molar-refractivity contribution in [2.24, 2.45) is 0 Å². The summed E-state index contributed by atoms with van der Waals surface area (Å²) in [5.41, 5.74) is 0.615. The molecule has 0 aliphatic carbocycles. The monoisotopic (exact) mass is 360 g/mol. The second kappa shape index (κ2) is 6.04. The van der Waals surface area contributed by atoms with E-state index in [0.717, 1.165) is 0 Å². The van der Waals surface area contributed by atoms with Crippen LogP contribution in [0.2, 0.25) is 10.0 Å². The lowest BCUT2D eigenvalue weighted by Crippen LogP contribution is -2.06.